The molecule has 3 aromatic carbocycles. The summed E-state index contributed by atoms with van der Waals surface area (Å²) in [7, 11) is 0. The van der Waals surface area contributed by atoms with E-state index in [-0.39, 0.29) is 0 Å². The van der Waals surface area contributed by atoms with Gasteiger partial charge in [-0.15, -0.1) is 0 Å². The molecule has 0 unspecified atom stereocenters. The average molecular weight is 415 g/mol. The third-order valence-corrected chi connectivity index (χ3v) is 5.05. The number of ether oxygens (including phenoxy) is 1. The molecule has 0 atom stereocenters. The molecule has 5 heteroatoms. The van der Waals surface area contributed by atoms with E-state index in [4.69, 9.17) is 44.5 Å². The molecular formula is C22H14Cl3NO. The topological polar surface area (TPSA) is 22.1 Å². The van der Waals surface area contributed by atoms with Gasteiger partial charge in [0.2, 0.25) is 0 Å². The Morgan fingerprint density at radius 1 is 0.815 bits per heavy atom. The molecule has 27 heavy (non-hydrogen) atoms. The van der Waals surface area contributed by atoms with E-state index in [1.54, 1.807) is 12.1 Å². The third-order valence-electron chi connectivity index (χ3n) is 4.17. The third kappa shape index (κ3) is 3.74. The van der Waals surface area contributed by atoms with Crippen LogP contribution in [0.4, 0.5) is 0 Å². The standard InChI is InChI=1S/C22H14Cl3NO/c23-16-11-17(24)19-18(12-16)26-21(15-9-5-2-6-10-15)22(20(19)25)27-13-14-7-3-1-4-8-14/h1-12H,13H2. The molecule has 0 saturated carbocycles. The predicted molar refractivity (Wildman–Crippen MR) is 113 cm³/mol. The molecule has 4 rings (SSSR count). The first-order valence-electron chi connectivity index (χ1n) is 8.34. The summed E-state index contributed by atoms with van der Waals surface area (Å²) in [6.45, 7) is 0.374. The van der Waals surface area contributed by atoms with Gasteiger partial charge in [0, 0.05) is 16.0 Å². The molecule has 0 aliphatic rings. The zero-order valence-corrected chi connectivity index (χ0v) is 16.4. The van der Waals surface area contributed by atoms with Crippen molar-refractivity contribution in [2.75, 3.05) is 0 Å². The summed E-state index contributed by atoms with van der Waals surface area (Å²) in [6, 6.07) is 23.1. The van der Waals surface area contributed by atoms with Gasteiger partial charge in [-0.3, -0.25) is 0 Å². The summed E-state index contributed by atoms with van der Waals surface area (Å²) >= 11 is 19.3. The largest absolute Gasteiger partial charge is 0.485 e. The molecule has 0 fully saturated rings. The lowest BCUT2D eigenvalue weighted by molar-refractivity contribution is 0.307. The number of hydrogen-bond acceptors (Lipinski definition) is 2. The Labute approximate surface area is 172 Å². The molecule has 4 aromatic rings. The van der Waals surface area contributed by atoms with Crippen LogP contribution in [0.25, 0.3) is 22.2 Å². The van der Waals surface area contributed by atoms with Crippen LogP contribution in [0, 0.1) is 0 Å². The molecule has 0 bridgehead atoms. The molecule has 0 saturated heterocycles. The van der Waals surface area contributed by atoms with Gasteiger partial charge in [0.15, 0.2) is 5.75 Å². The summed E-state index contributed by atoms with van der Waals surface area (Å²) in [5.74, 6) is 0.503. The van der Waals surface area contributed by atoms with Crippen molar-refractivity contribution in [2.45, 2.75) is 6.61 Å². The van der Waals surface area contributed by atoms with Crippen molar-refractivity contribution in [1.29, 1.82) is 0 Å². The van der Waals surface area contributed by atoms with E-state index < -0.39 is 0 Å². The lowest BCUT2D eigenvalue weighted by atomic mass is 10.1. The van der Waals surface area contributed by atoms with E-state index in [1.165, 1.54) is 0 Å². The SMILES string of the molecule is Clc1cc(Cl)c2c(Cl)c(OCc3ccccc3)c(-c3ccccc3)nc2c1. The number of hydrogen-bond donors (Lipinski definition) is 0. The Kier molecular flexibility index (Phi) is 5.22. The number of fused-ring (bicyclic) bond motifs is 1. The lowest BCUT2D eigenvalue weighted by Gasteiger charge is -2.16. The van der Waals surface area contributed by atoms with Crippen molar-refractivity contribution in [1.82, 2.24) is 4.98 Å². The second-order valence-electron chi connectivity index (χ2n) is 6.03. The highest BCUT2D eigenvalue weighted by atomic mass is 35.5. The fraction of sp³-hybridized carbons (Fsp3) is 0.0455. The van der Waals surface area contributed by atoms with Gasteiger partial charge in [0.05, 0.1) is 15.6 Å². The number of nitrogens with zero attached hydrogens (tertiary/aromatic N) is 1. The molecule has 1 aromatic heterocycles. The van der Waals surface area contributed by atoms with Crippen molar-refractivity contribution in [3.8, 4) is 17.0 Å². The van der Waals surface area contributed by atoms with E-state index in [2.05, 4.69) is 0 Å². The van der Waals surface area contributed by atoms with E-state index >= 15 is 0 Å². The summed E-state index contributed by atoms with van der Waals surface area (Å²) in [5.41, 5.74) is 3.22. The maximum Gasteiger partial charge on any atom is 0.165 e. The first-order valence-corrected chi connectivity index (χ1v) is 9.47. The maximum atomic E-state index is 6.73. The molecule has 2 nitrogen and oxygen atoms in total. The minimum atomic E-state index is 0.374. The van der Waals surface area contributed by atoms with Gasteiger partial charge < -0.3 is 4.74 Å². The fourth-order valence-corrected chi connectivity index (χ4v) is 3.88. The highest BCUT2D eigenvalue weighted by Crippen LogP contribution is 2.43. The highest BCUT2D eigenvalue weighted by Gasteiger charge is 2.19. The van der Waals surface area contributed by atoms with E-state index in [0.717, 1.165) is 11.1 Å². The van der Waals surface area contributed by atoms with Crippen LogP contribution in [0.15, 0.2) is 72.8 Å². The van der Waals surface area contributed by atoms with Crippen LogP contribution in [0.3, 0.4) is 0 Å². The number of aromatic nitrogens is 1. The van der Waals surface area contributed by atoms with E-state index in [0.29, 0.717) is 44.0 Å². The van der Waals surface area contributed by atoms with Gasteiger partial charge in [-0.2, -0.15) is 0 Å². The minimum absolute atomic E-state index is 0.374. The first-order chi connectivity index (χ1) is 13.1. The minimum Gasteiger partial charge on any atom is -0.485 e. The number of rotatable bonds is 4. The van der Waals surface area contributed by atoms with Crippen LogP contribution >= 0.6 is 34.8 Å². The second kappa shape index (κ2) is 7.77. The van der Waals surface area contributed by atoms with Crippen molar-refractivity contribution >= 4 is 45.7 Å². The molecule has 134 valence electrons. The van der Waals surface area contributed by atoms with Gasteiger partial charge in [-0.25, -0.2) is 4.98 Å². The molecule has 0 N–H and O–H groups in total. The monoisotopic (exact) mass is 413 g/mol. The van der Waals surface area contributed by atoms with Gasteiger partial charge in [-0.05, 0) is 17.7 Å². The maximum absolute atomic E-state index is 6.73. The Morgan fingerprint density at radius 2 is 1.48 bits per heavy atom. The quantitative estimate of drug-likeness (QED) is 0.346. The van der Waals surface area contributed by atoms with Crippen LogP contribution < -0.4 is 4.74 Å². The molecule has 0 radical (unpaired) electrons. The summed E-state index contributed by atoms with van der Waals surface area (Å²) in [6.07, 6.45) is 0. The average Bonchev–Trinajstić information content (AvgIpc) is 2.68. The van der Waals surface area contributed by atoms with E-state index in [9.17, 15) is 0 Å². The molecule has 0 aliphatic heterocycles. The normalized spacial score (nSPS) is 10.9. The van der Waals surface area contributed by atoms with Gasteiger partial charge in [-0.1, -0.05) is 95.5 Å². The Bertz CT molecular complexity index is 1100. The number of benzene rings is 3. The number of halogens is 3. The predicted octanol–water partition coefficient (Wildman–Crippen LogP) is 7.44. The molecule has 0 amide bonds. The smallest absolute Gasteiger partial charge is 0.165 e. The molecule has 0 aliphatic carbocycles. The Hall–Kier alpha value is -2.26. The van der Waals surface area contributed by atoms with Crippen LogP contribution in [-0.2, 0) is 6.61 Å². The number of pyridine rings is 1. The zero-order chi connectivity index (χ0) is 18.8. The Morgan fingerprint density at radius 3 is 2.19 bits per heavy atom. The van der Waals surface area contributed by atoms with Crippen LogP contribution in [0.2, 0.25) is 15.1 Å². The van der Waals surface area contributed by atoms with E-state index in [1.807, 2.05) is 60.7 Å². The van der Waals surface area contributed by atoms with Crippen molar-refractivity contribution in [3.05, 3.63) is 93.4 Å². The molecule has 1 heterocycles. The van der Waals surface area contributed by atoms with Crippen LogP contribution in [0.1, 0.15) is 5.56 Å². The molecular weight excluding hydrogens is 401 g/mol. The van der Waals surface area contributed by atoms with Crippen molar-refractivity contribution < 1.29 is 4.74 Å². The zero-order valence-electron chi connectivity index (χ0n) is 14.1. The van der Waals surface area contributed by atoms with Gasteiger partial charge >= 0.3 is 0 Å². The molecule has 0 spiro atoms. The van der Waals surface area contributed by atoms with Crippen molar-refractivity contribution in [2.24, 2.45) is 0 Å². The van der Waals surface area contributed by atoms with Gasteiger partial charge in [0.1, 0.15) is 12.3 Å². The van der Waals surface area contributed by atoms with Crippen molar-refractivity contribution in [3.63, 3.8) is 0 Å². The highest BCUT2D eigenvalue weighted by molar-refractivity contribution is 6.44. The van der Waals surface area contributed by atoms with Gasteiger partial charge in [0.25, 0.3) is 0 Å². The Balaban J connectivity index is 1.89. The van der Waals surface area contributed by atoms with Crippen LogP contribution in [0.5, 0.6) is 5.75 Å². The summed E-state index contributed by atoms with van der Waals surface area (Å²) < 4.78 is 6.12. The lowest BCUT2D eigenvalue weighted by Crippen LogP contribution is -2.00. The van der Waals surface area contributed by atoms with Crippen LogP contribution in [-0.4, -0.2) is 4.98 Å². The first kappa shape index (κ1) is 18.1. The second-order valence-corrected chi connectivity index (χ2v) is 7.25. The fourth-order valence-electron chi connectivity index (χ4n) is 2.91. The summed E-state index contributed by atoms with van der Waals surface area (Å²) in [4.78, 5) is 4.76. The summed E-state index contributed by atoms with van der Waals surface area (Å²) in [5, 5.41) is 2.01.